The average molecular weight is 245 g/mol. The summed E-state index contributed by atoms with van der Waals surface area (Å²) in [5.41, 5.74) is 0. The highest BCUT2D eigenvalue weighted by molar-refractivity contribution is 7.80. The van der Waals surface area contributed by atoms with Gasteiger partial charge in [-0.15, -0.1) is 0 Å². The number of carboxylic acids is 1. The zero-order valence-electron chi connectivity index (χ0n) is 7.71. The molecule has 4 nitrogen and oxygen atoms in total. The monoisotopic (exact) mass is 245 g/mol. The second kappa shape index (κ2) is 5.24. The molecule has 1 amide bonds. The first-order valence-corrected chi connectivity index (χ1v) is 4.54. The first-order valence-electron chi connectivity index (χ1n) is 3.91. The molecule has 2 atom stereocenters. The van der Waals surface area contributed by atoms with Crippen molar-refractivity contribution in [3.8, 4) is 0 Å². The normalized spacial score (nSPS) is 15.5. The molecule has 0 aromatic rings. The Labute approximate surface area is 89.2 Å². The number of alkyl halides is 3. The SMILES string of the molecule is C[C@H](NC(=O)C(CS)C(F)(F)F)C(=O)O. The summed E-state index contributed by atoms with van der Waals surface area (Å²) in [4.78, 5) is 21.3. The Morgan fingerprint density at radius 3 is 2.20 bits per heavy atom. The molecule has 0 aromatic carbocycles. The van der Waals surface area contributed by atoms with Gasteiger partial charge in [-0.1, -0.05) is 0 Å². The summed E-state index contributed by atoms with van der Waals surface area (Å²) >= 11 is 3.39. The number of carbonyl (C=O) groups is 2. The molecule has 0 bridgehead atoms. The molecule has 0 radical (unpaired) electrons. The largest absolute Gasteiger partial charge is 0.480 e. The number of rotatable bonds is 4. The maximum absolute atomic E-state index is 12.2. The molecule has 0 heterocycles. The van der Waals surface area contributed by atoms with Crippen LogP contribution in [-0.2, 0) is 9.59 Å². The van der Waals surface area contributed by atoms with Crippen molar-refractivity contribution in [1.29, 1.82) is 0 Å². The molecular formula is C7H10F3NO3S. The van der Waals surface area contributed by atoms with Gasteiger partial charge >= 0.3 is 12.1 Å². The van der Waals surface area contributed by atoms with Crippen LogP contribution < -0.4 is 5.32 Å². The zero-order chi connectivity index (χ0) is 12.2. The van der Waals surface area contributed by atoms with Crippen LogP contribution in [0, 0.1) is 5.92 Å². The van der Waals surface area contributed by atoms with Crippen molar-refractivity contribution in [3.05, 3.63) is 0 Å². The van der Waals surface area contributed by atoms with E-state index in [1.165, 1.54) is 0 Å². The van der Waals surface area contributed by atoms with Crippen LogP contribution in [0.2, 0.25) is 0 Å². The Kier molecular flexibility index (Phi) is 4.92. The van der Waals surface area contributed by atoms with Gasteiger partial charge in [0.1, 0.15) is 12.0 Å². The number of carboxylic acid groups (broad SMARTS) is 1. The van der Waals surface area contributed by atoms with Crippen molar-refractivity contribution in [3.63, 3.8) is 0 Å². The van der Waals surface area contributed by atoms with E-state index in [9.17, 15) is 22.8 Å². The maximum atomic E-state index is 12.2. The summed E-state index contributed by atoms with van der Waals surface area (Å²) in [5, 5.41) is 10.1. The van der Waals surface area contributed by atoms with Gasteiger partial charge in [0.2, 0.25) is 5.91 Å². The predicted molar refractivity (Wildman–Crippen MR) is 48.6 cm³/mol. The first-order chi connectivity index (χ1) is 6.70. The van der Waals surface area contributed by atoms with Gasteiger partial charge in [-0.3, -0.25) is 9.59 Å². The van der Waals surface area contributed by atoms with Crippen LogP contribution in [0.25, 0.3) is 0 Å². The van der Waals surface area contributed by atoms with Crippen molar-refractivity contribution < 1.29 is 27.9 Å². The van der Waals surface area contributed by atoms with E-state index in [-0.39, 0.29) is 0 Å². The van der Waals surface area contributed by atoms with Crippen LogP contribution in [-0.4, -0.2) is 35.0 Å². The van der Waals surface area contributed by atoms with E-state index in [2.05, 4.69) is 12.6 Å². The first kappa shape index (κ1) is 14.1. The minimum Gasteiger partial charge on any atom is -0.480 e. The molecule has 0 spiro atoms. The number of nitrogens with one attached hydrogen (secondary N) is 1. The molecule has 8 heteroatoms. The lowest BCUT2D eigenvalue weighted by Crippen LogP contribution is -2.46. The lowest BCUT2D eigenvalue weighted by molar-refractivity contribution is -0.178. The summed E-state index contributed by atoms with van der Waals surface area (Å²) in [5.74, 6) is -5.79. The number of thiol groups is 1. The third-order valence-corrected chi connectivity index (χ3v) is 1.99. The molecule has 0 rings (SSSR count). The Morgan fingerprint density at radius 2 is 1.93 bits per heavy atom. The minimum absolute atomic E-state index is 0.721. The molecule has 88 valence electrons. The van der Waals surface area contributed by atoms with Gasteiger partial charge in [0.15, 0.2) is 0 Å². The predicted octanol–water partition coefficient (Wildman–Crippen LogP) is 0.684. The fraction of sp³-hybridized carbons (Fsp3) is 0.714. The second-order valence-electron chi connectivity index (χ2n) is 2.85. The quantitative estimate of drug-likeness (QED) is 0.638. The van der Waals surface area contributed by atoms with Gasteiger partial charge in [-0.2, -0.15) is 25.8 Å². The summed E-state index contributed by atoms with van der Waals surface area (Å²) in [6, 6.07) is -1.36. The van der Waals surface area contributed by atoms with Crippen LogP contribution in [0.4, 0.5) is 13.2 Å². The number of hydrogen-bond acceptors (Lipinski definition) is 3. The van der Waals surface area contributed by atoms with Crippen molar-refractivity contribution >= 4 is 24.5 Å². The number of hydrogen-bond donors (Lipinski definition) is 3. The number of halogens is 3. The van der Waals surface area contributed by atoms with Crippen molar-refractivity contribution in [2.24, 2.45) is 5.92 Å². The van der Waals surface area contributed by atoms with Crippen molar-refractivity contribution in [2.75, 3.05) is 5.75 Å². The zero-order valence-corrected chi connectivity index (χ0v) is 8.60. The molecular weight excluding hydrogens is 235 g/mol. The summed E-state index contributed by atoms with van der Waals surface area (Å²) < 4.78 is 36.5. The molecule has 0 aromatic heterocycles. The van der Waals surface area contributed by atoms with Gasteiger partial charge in [-0.05, 0) is 6.92 Å². The third-order valence-electron chi connectivity index (χ3n) is 1.62. The van der Waals surface area contributed by atoms with E-state index < -0.39 is 35.8 Å². The van der Waals surface area contributed by atoms with Crippen molar-refractivity contribution in [1.82, 2.24) is 5.32 Å². The summed E-state index contributed by atoms with van der Waals surface area (Å²) in [7, 11) is 0. The third kappa shape index (κ3) is 4.41. The van der Waals surface area contributed by atoms with E-state index >= 15 is 0 Å². The average Bonchev–Trinajstić information content (AvgIpc) is 2.01. The number of aliphatic carboxylic acids is 1. The van der Waals surface area contributed by atoms with Gasteiger partial charge in [-0.25, -0.2) is 0 Å². The van der Waals surface area contributed by atoms with Crippen molar-refractivity contribution in [2.45, 2.75) is 19.1 Å². The van der Waals surface area contributed by atoms with Crippen LogP contribution in [0.3, 0.4) is 0 Å². The Hall–Kier alpha value is -0.920. The van der Waals surface area contributed by atoms with Gasteiger partial charge in [0.25, 0.3) is 0 Å². The Bertz CT molecular complexity index is 256. The second-order valence-corrected chi connectivity index (χ2v) is 3.21. The van der Waals surface area contributed by atoms with E-state index in [1.807, 2.05) is 0 Å². The summed E-state index contributed by atoms with van der Waals surface area (Å²) in [6.45, 7) is 1.08. The van der Waals surface area contributed by atoms with E-state index in [1.54, 1.807) is 5.32 Å². The molecule has 2 N–H and O–H groups in total. The maximum Gasteiger partial charge on any atom is 0.401 e. The fourth-order valence-corrected chi connectivity index (χ4v) is 1.08. The van der Waals surface area contributed by atoms with Crippen LogP contribution in [0.1, 0.15) is 6.92 Å². The van der Waals surface area contributed by atoms with E-state index in [4.69, 9.17) is 5.11 Å². The van der Waals surface area contributed by atoms with Crippen LogP contribution >= 0.6 is 12.6 Å². The van der Waals surface area contributed by atoms with E-state index in [0.717, 1.165) is 6.92 Å². The molecule has 0 aliphatic rings. The molecule has 1 unspecified atom stereocenters. The fourth-order valence-electron chi connectivity index (χ4n) is 0.711. The molecule has 0 aliphatic heterocycles. The molecule has 0 saturated heterocycles. The highest BCUT2D eigenvalue weighted by atomic mass is 32.1. The smallest absolute Gasteiger partial charge is 0.401 e. The molecule has 15 heavy (non-hydrogen) atoms. The number of carbonyl (C=O) groups excluding carboxylic acids is 1. The highest BCUT2D eigenvalue weighted by Gasteiger charge is 2.44. The lowest BCUT2D eigenvalue weighted by Gasteiger charge is -2.19. The standard InChI is InChI=1S/C7H10F3NO3S/c1-3(6(13)14)11-5(12)4(2-15)7(8,9)10/h3-4,15H,2H2,1H3,(H,11,12)(H,13,14)/t3-,4?/m0/s1. The van der Waals surface area contributed by atoms with E-state index in [0.29, 0.717) is 0 Å². The lowest BCUT2D eigenvalue weighted by atomic mass is 10.1. The van der Waals surface area contributed by atoms with Gasteiger partial charge in [0, 0.05) is 5.75 Å². The Morgan fingerprint density at radius 1 is 1.47 bits per heavy atom. The summed E-state index contributed by atoms with van der Waals surface area (Å²) in [6.07, 6.45) is -4.72. The minimum atomic E-state index is -4.72. The highest BCUT2D eigenvalue weighted by Crippen LogP contribution is 2.27. The molecule has 0 aliphatic carbocycles. The Balaban J connectivity index is 4.49. The topological polar surface area (TPSA) is 66.4 Å². The molecule has 0 saturated carbocycles. The number of amides is 1. The molecule has 0 fully saturated rings. The van der Waals surface area contributed by atoms with Crippen LogP contribution in [0.5, 0.6) is 0 Å². The van der Waals surface area contributed by atoms with Gasteiger partial charge in [0.05, 0.1) is 0 Å². The van der Waals surface area contributed by atoms with Gasteiger partial charge < -0.3 is 10.4 Å². The van der Waals surface area contributed by atoms with Crippen LogP contribution in [0.15, 0.2) is 0 Å².